The predicted octanol–water partition coefficient (Wildman–Crippen LogP) is 6.30. The van der Waals surface area contributed by atoms with E-state index in [4.69, 9.17) is 4.74 Å². The first kappa shape index (κ1) is 24.2. The highest BCUT2D eigenvalue weighted by atomic mass is 19.1. The first-order chi connectivity index (χ1) is 17.9. The first-order valence-corrected chi connectivity index (χ1v) is 12.0. The zero-order valence-electron chi connectivity index (χ0n) is 20.3. The third kappa shape index (κ3) is 4.68. The fourth-order valence-corrected chi connectivity index (χ4v) is 4.46. The molecule has 2 amide bonds. The molecule has 8 nitrogen and oxygen atoms in total. The second-order valence-electron chi connectivity index (χ2n) is 9.17. The molecule has 2 N–H and O–H groups in total. The minimum Gasteiger partial charge on any atom is -0.424 e. The molecule has 0 aliphatic heterocycles. The van der Waals surface area contributed by atoms with Gasteiger partial charge in [0.15, 0.2) is 0 Å². The number of rotatable bonds is 6. The summed E-state index contributed by atoms with van der Waals surface area (Å²) >= 11 is 0. The van der Waals surface area contributed by atoms with E-state index in [0.717, 1.165) is 31.4 Å². The zero-order chi connectivity index (χ0) is 26.1. The number of fused-ring (bicyclic) bond motifs is 1. The molecule has 1 aliphatic carbocycles. The lowest BCUT2D eigenvalue weighted by Crippen LogP contribution is -2.34. The van der Waals surface area contributed by atoms with Gasteiger partial charge in [-0.25, -0.2) is 23.5 Å². The van der Waals surface area contributed by atoms with E-state index in [2.05, 4.69) is 26.7 Å². The van der Waals surface area contributed by atoms with E-state index in [1.54, 1.807) is 50.5 Å². The van der Waals surface area contributed by atoms with Gasteiger partial charge < -0.3 is 19.9 Å². The van der Waals surface area contributed by atoms with Crippen molar-refractivity contribution in [3.05, 3.63) is 66.0 Å². The second-order valence-corrected chi connectivity index (χ2v) is 9.17. The maximum absolute atomic E-state index is 15.1. The van der Waals surface area contributed by atoms with Crippen LogP contribution in [-0.2, 0) is 0 Å². The van der Waals surface area contributed by atoms with Gasteiger partial charge in [0.05, 0.1) is 16.8 Å². The van der Waals surface area contributed by atoms with Crippen LogP contribution in [0.25, 0.3) is 22.2 Å². The largest absolute Gasteiger partial charge is 0.424 e. The number of carbonyl (C=O) groups is 1. The van der Waals surface area contributed by atoms with Crippen molar-refractivity contribution in [1.29, 1.82) is 5.26 Å². The molecule has 0 saturated heterocycles. The van der Waals surface area contributed by atoms with Crippen LogP contribution in [0.3, 0.4) is 0 Å². The van der Waals surface area contributed by atoms with Crippen molar-refractivity contribution in [2.24, 2.45) is 0 Å². The predicted molar refractivity (Wildman–Crippen MR) is 134 cm³/mol. The van der Waals surface area contributed by atoms with Gasteiger partial charge in [0.25, 0.3) is 0 Å². The summed E-state index contributed by atoms with van der Waals surface area (Å²) in [5.74, 6) is -1.40. The number of hydrogen-bond donors (Lipinski definition) is 2. The molecule has 0 spiro atoms. The van der Waals surface area contributed by atoms with Gasteiger partial charge in [0, 0.05) is 41.5 Å². The lowest BCUT2D eigenvalue weighted by atomic mass is 9.92. The average molecular weight is 503 g/mol. The Hall–Kier alpha value is -4.52. The van der Waals surface area contributed by atoms with Gasteiger partial charge in [-0.1, -0.05) is 0 Å². The summed E-state index contributed by atoms with van der Waals surface area (Å²) in [7, 11) is 0. The quantitative estimate of drug-likeness (QED) is 0.322. The van der Waals surface area contributed by atoms with Crippen molar-refractivity contribution in [2.75, 3.05) is 5.32 Å². The van der Waals surface area contributed by atoms with E-state index < -0.39 is 23.4 Å². The molecule has 1 fully saturated rings. The lowest BCUT2D eigenvalue weighted by Gasteiger charge is -2.30. The Labute approximate surface area is 211 Å². The molecule has 2 heterocycles. The van der Waals surface area contributed by atoms with Crippen molar-refractivity contribution in [3.63, 3.8) is 0 Å². The zero-order valence-corrected chi connectivity index (χ0v) is 20.3. The highest BCUT2D eigenvalue weighted by molar-refractivity contribution is 5.96. The van der Waals surface area contributed by atoms with E-state index in [9.17, 15) is 10.1 Å². The van der Waals surface area contributed by atoms with Crippen LogP contribution in [0.2, 0.25) is 0 Å². The molecule has 0 unspecified atom stereocenters. The summed E-state index contributed by atoms with van der Waals surface area (Å²) in [6.07, 6.45) is 5.88. The molecule has 37 heavy (non-hydrogen) atoms. The van der Waals surface area contributed by atoms with Gasteiger partial charge in [-0.2, -0.15) is 5.26 Å². The Bertz CT molecular complexity index is 1500. The van der Waals surface area contributed by atoms with Crippen LogP contribution < -0.4 is 15.4 Å². The monoisotopic (exact) mass is 502 g/mol. The molecule has 4 aromatic rings. The Morgan fingerprint density at radius 2 is 1.86 bits per heavy atom. The van der Waals surface area contributed by atoms with Gasteiger partial charge in [0.2, 0.25) is 0 Å². The van der Waals surface area contributed by atoms with Gasteiger partial charge in [-0.05, 0) is 63.4 Å². The molecule has 10 heteroatoms. The van der Waals surface area contributed by atoms with Crippen LogP contribution in [0.1, 0.15) is 44.7 Å². The number of benzene rings is 2. The summed E-state index contributed by atoms with van der Waals surface area (Å²) in [5.41, 5.74) is 1.10. The minimum atomic E-state index is -0.937. The molecule has 5 rings (SSSR count). The number of hydrogen-bond acceptors (Lipinski definition) is 5. The number of nitrogens with zero attached hydrogens (tertiary/aromatic N) is 4. The van der Waals surface area contributed by atoms with Crippen LogP contribution in [-0.4, -0.2) is 26.6 Å². The van der Waals surface area contributed by atoms with E-state index in [1.165, 1.54) is 0 Å². The number of halogens is 2. The number of amides is 2. The number of anilines is 1. The summed E-state index contributed by atoms with van der Waals surface area (Å²) in [4.78, 5) is 20.2. The Kier molecular flexibility index (Phi) is 6.44. The number of nitriles is 1. The third-order valence-electron chi connectivity index (χ3n) is 6.25. The van der Waals surface area contributed by atoms with E-state index in [1.807, 2.05) is 4.57 Å². The van der Waals surface area contributed by atoms with Crippen molar-refractivity contribution >= 4 is 22.6 Å². The van der Waals surface area contributed by atoms with Crippen molar-refractivity contribution in [1.82, 2.24) is 19.9 Å². The maximum atomic E-state index is 15.1. The minimum absolute atomic E-state index is 0.0589. The fourth-order valence-electron chi connectivity index (χ4n) is 4.46. The number of carbonyl (C=O) groups excluding carboxylic acids is 1. The molecule has 2 aromatic heterocycles. The number of aromatic nitrogens is 3. The topological polar surface area (TPSA) is 105 Å². The lowest BCUT2D eigenvalue weighted by molar-refractivity contribution is 0.249. The summed E-state index contributed by atoms with van der Waals surface area (Å²) < 4.78 is 38.0. The first-order valence-electron chi connectivity index (χ1n) is 12.0. The standard InChI is InChI=1S/C27H24F2N6O2/c1-15(2)33-26(36)34-24-21(28)11-16(12-22(24)29)25-20(14-30)19-8-7-18(37-27-31-9-4-10-32-27)13-23(19)35(25)17-5-3-6-17/h4,7-13,15,17H,3,5-6H2,1-2H3,(H2,33,34,36). The normalized spacial score (nSPS) is 13.3. The highest BCUT2D eigenvalue weighted by Gasteiger charge is 2.29. The molecule has 0 radical (unpaired) electrons. The number of nitrogens with one attached hydrogen (secondary N) is 2. The van der Waals surface area contributed by atoms with Gasteiger partial charge >= 0.3 is 12.0 Å². The van der Waals surface area contributed by atoms with Gasteiger partial charge in [-0.3, -0.25) is 0 Å². The van der Waals surface area contributed by atoms with Crippen LogP contribution in [0, 0.1) is 23.0 Å². The van der Waals surface area contributed by atoms with Crippen molar-refractivity contribution < 1.29 is 18.3 Å². The Morgan fingerprint density at radius 1 is 1.16 bits per heavy atom. The molecular formula is C27H24F2N6O2. The molecule has 2 aromatic carbocycles. The third-order valence-corrected chi connectivity index (χ3v) is 6.25. The second kappa shape index (κ2) is 9.85. The highest BCUT2D eigenvalue weighted by Crippen LogP contribution is 2.44. The SMILES string of the molecule is CC(C)NC(=O)Nc1c(F)cc(-c2c(C#N)c3ccc(Oc4ncccn4)cc3n2C2CCC2)cc1F. The molecule has 0 atom stereocenters. The van der Waals surface area contributed by atoms with Crippen LogP contribution in [0.5, 0.6) is 11.8 Å². The average Bonchev–Trinajstić information content (AvgIpc) is 3.13. The molecule has 1 aliphatic rings. The van der Waals surface area contributed by atoms with Gasteiger partial charge in [-0.15, -0.1) is 0 Å². The van der Waals surface area contributed by atoms with E-state index >= 15 is 8.78 Å². The summed E-state index contributed by atoms with van der Waals surface area (Å²) in [5, 5.41) is 15.5. The maximum Gasteiger partial charge on any atom is 0.321 e. The smallest absolute Gasteiger partial charge is 0.321 e. The number of urea groups is 1. The summed E-state index contributed by atoms with van der Waals surface area (Å²) in [6.45, 7) is 3.48. The van der Waals surface area contributed by atoms with Crippen LogP contribution in [0.15, 0.2) is 48.8 Å². The van der Waals surface area contributed by atoms with Gasteiger partial charge in [0.1, 0.15) is 29.1 Å². The fraction of sp³-hybridized carbons (Fsp3) is 0.259. The molecule has 1 saturated carbocycles. The summed E-state index contributed by atoms with van der Waals surface area (Å²) in [6, 6.07) is 10.8. The van der Waals surface area contributed by atoms with Crippen LogP contribution in [0.4, 0.5) is 19.3 Å². The van der Waals surface area contributed by atoms with Crippen molar-refractivity contribution in [3.8, 4) is 29.1 Å². The Morgan fingerprint density at radius 3 is 2.46 bits per heavy atom. The van der Waals surface area contributed by atoms with Crippen molar-refractivity contribution in [2.45, 2.75) is 45.2 Å². The molecule has 188 valence electrons. The number of ether oxygens (including phenoxy) is 1. The van der Waals surface area contributed by atoms with E-state index in [0.29, 0.717) is 27.9 Å². The van der Waals surface area contributed by atoms with Crippen LogP contribution >= 0.6 is 0 Å². The van der Waals surface area contributed by atoms with E-state index in [-0.39, 0.29) is 23.7 Å². The molecule has 0 bridgehead atoms. The Balaban J connectivity index is 1.62. The molecular weight excluding hydrogens is 478 g/mol.